The Morgan fingerprint density at radius 1 is 1.13 bits per heavy atom. The van der Waals surface area contributed by atoms with Crippen LogP contribution in [0, 0.1) is 0 Å². The van der Waals surface area contributed by atoms with Crippen LogP contribution < -0.4 is 0 Å². The van der Waals surface area contributed by atoms with Gasteiger partial charge in [0.2, 0.25) is 0 Å². The molecule has 0 saturated carbocycles. The number of halogens is 1. The van der Waals surface area contributed by atoms with Crippen LogP contribution in [0.1, 0.15) is 0 Å². The lowest BCUT2D eigenvalue weighted by Gasteiger charge is -1.94. The molecule has 0 aliphatic rings. The van der Waals surface area contributed by atoms with Gasteiger partial charge in [-0.15, -0.1) is 23.7 Å². The molecule has 0 unspecified atom stereocenters. The molecule has 0 aliphatic carbocycles. The lowest BCUT2D eigenvalue weighted by atomic mass is 10.2. The van der Waals surface area contributed by atoms with Crippen molar-refractivity contribution in [1.29, 1.82) is 0 Å². The van der Waals surface area contributed by atoms with Gasteiger partial charge in [0, 0.05) is 11.6 Å². The molecule has 1 aromatic carbocycles. The first kappa shape index (κ1) is 11.8. The Bertz CT molecular complexity index is 583. The second kappa shape index (κ2) is 4.48. The fraction of sp³-hybridized carbons (Fsp3) is 0. The van der Waals surface area contributed by atoms with Crippen molar-refractivity contribution in [2.75, 3.05) is 0 Å². The standard InChI is InChI=1S/C9H5N3S.ClH.H2O/c1-2-7-9(13-5-12-7)8-6(1)3-10-4-11-8;;/h1-5H;1H;1H2. The molecule has 4 nitrogen and oxygen atoms in total. The quantitative estimate of drug-likeness (QED) is 0.603. The summed E-state index contributed by atoms with van der Waals surface area (Å²) in [6.45, 7) is 0. The number of hydrogen-bond donors (Lipinski definition) is 0. The molecule has 78 valence electrons. The van der Waals surface area contributed by atoms with Gasteiger partial charge in [-0.25, -0.2) is 15.0 Å². The molecular formula is C9H8ClN3OS. The molecule has 6 heteroatoms. The van der Waals surface area contributed by atoms with Crippen molar-refractivity contribution in [3.8, 4) is 0 Å². The van der Waals surface area contributed by atoms with Gasteiger partial charge in [-0.2, -0.15) is 0 Å². The smallest absolute Gasteiger partial charge is 0.116 e. The number of aromatic nitrogens is 3. The van der Waals surface area contributed by atoms with Gasteiger partial charge in [0.05, 0.1) is 21.2 Å². The molecule has 0 fully saturated rings. The van der Waals surface area contributed by atoms with Gasteiger partial charge in [-0.3, -0.25) is 0 Å². The lowest BCUT2D eigenvalue weighted by molar-refractivity contribution is 0.824. The minimum atomic E-state index is 0. The highest BCUT2D eigenvalue weighted by Gasteiger charge is 2.02. The third-order valence-electron chi connectivity index (χ3n) is 1.97. The average Bonchev–Trinajstić information content (AvgIpc) is 2.65. The SMILES string of the molecule is Cl.O.c1ncc2ccc3ncsc3c2n1. The molecule has 3 aromatic rings. The van der Waals surface area contributed by atoms with Crippen molar-refractivity contribution in [2.45, 2.75) is 0 Å². The van der Waals surface area contributed by atoms with Crippen molar-refractivity contribution >= 4 is 44.9 Å². The minimum absolute atomic E-state index is 0. The van der Waals surface area contributed by atoms with Crippen LogP contribution in [0.2, 0.25) is 0 Å². The van der Waals surface area contributed by atoms with E-state index in [0.29, 0.717) is 0 Å². The molecule has 3 rings (SSSR count). The fourth-order valence-electron chi connectivity index (χ4n) is 1.37. The molecule has 15 heavy (non-hydrogen) atoms. The highest BCUT2D eigenvalue weighted by Crippen LogP contribution is 2.25. The van der Waals surface area contributed by atoms with Gasteiger partial charge in [0.15, 0.2) is 0 Å². The Hall–Kier alpha value is -1.30. The van der Waals surface area contributed by atoms with Crippen molar-refractivity contribution in [1.82, 2.24) is 15.0 Å². The zero-order chi connectivity index (χ0) is 8.67. The Balaban J connectivity index is 0.000000562. The predicted octanol–water partition coefficient (Wildman–Crippen LogP) is 1.84. The van der Waals surface area contributed by atoms with Crippen LogP contribution in [0.5, 0.6) is 0 Å². The molecule has 0 spiro atoms. The fourth-order valence-corrected chi connectivity index (χ4v) is 2.17. The summed E-state index contributed by atoms with van der Waals surface area (Å²) in [7, 11) is 0. The summed E-state index contributed by atoms with van der Waals surface area (Å²) < 4.78 is 1.14. The van der Waals surface area contributed by atoms with E-state index in [-0.39, 0.29) is 17.9 Å². The zero-order valence-electron chi connectivity index (χ0n) is 7.54. The van der Waals surface area contributed by atoms with E-state index in [4.69, 9.17) is 0 Å². The summed E-state index contributed by atoms with van der Waals surface area (Å²) in [5.74, 6) is 0. The predicted molar refractivity (Wildman–Crippen MR) is 63.6 cm³/mol. The summed E-state index contributed by atoms with van der Waals surface area (Å²) in [6, 6.07) is 3.99. The first-order valence-corrected chi connectivity index (χ1v) is 4.75. The van der Waals surface area contributed by atoms with Gasteiger partial charge in [-0.05, 0) is 12.1 Å². The number of thiazole rings is 1. The molecular weight excluding hydrogens is 234 g/mol. The molecule has 2 N–H and O–H groups in total. The van der Waals surface area contributed by atoms with E-state index in [1.54, 1.807) is 17.7 Å². The minimum Gasteiger partial charge on any atom is -0.412 e. The number of hydrogen-bond acceptors (Lipinski definition) is 4. The molecule has 2 aromatic heterocycles. The Morgan fingerprint density at radius 2 is 2.00 bits per heavy atom. The van der Waals surface area contributed by atoms with E-state index >= 15 is 0 Å². The maximum atomic E-state index is 4.24. The van der Waals surface area contributed by atoms with Crippen LogP contribution in [-0.2, 0) is 0 Å². The summed E-state index contributed by atoms with van der Waals surface area (Å²) >= 11 is 1.62. The van der Waals surface area contributed by atoms with Crippen molar-refractivity contribution in [3.05, 3.63) is 30.2 Å². The van der Waals surface area contributed by atoms with Gasteiger partial charge in [0.1, 0.15) is 6.33 Å². The maximum Gasteiger partial charge on any atom is 0.116 e. The zero-order valence-corrected chi connectivity index (χ0v) is 9.18. The van der Waals surface area contributed by atoms with Crippen LogP contribution in [0.15, 0.2) is 30.2 Å². The van der Waals surface area contributed by atoms with E-state index < -0.39 is 0 Å². The highest BCUT2D eigenvalue weighted by atomic mass is 35.5. The largest absolute Gasteiger partial charge is 0.412 e. The van der Waals surface area contributed by atoms with Gasteiger partial charge in [-0.1, -0.05) is 0 Å². The second-order valence-electron chi connectivity index (χ2n) is 2.73. The first-order chi connectivity index (χ1) is 6.45. The molecule has 0 atom stereocenters. The van der Waals surface area contributed by atoms with E-state index in [0.717, 1.165) is 21.1 Å². The monoisotopic (exact) mass is 241 g/mol. The lowest BCUT2D eigenvalue weighted by Crippen LogP contribution is -1.80. The van der Waals surface area contributed by atoms with E-state index in [1.807, 2.05) is 23.8 Å². The summed E-state index contributed by atoms with van der Waals surface area (Å²) in [5.41, 5.74) is 3.85. The van der Waals surface area contributed by atoms with Crippen molar-refractivity contribution in [2.24, 2.45) is 0 Å². The number of benzene rings is 1. The van der Waals surface area contributed by atoms with E-state index in [9.17, 15) is 0 Å². The van der Waals surface area contributed by atoms with Crippen LogP contribution in [0.25, 0.3) is 21.1 Å². The third kappa shape index (κ3) is 1.77. The second-order valence-corrected chi connectivity index (χ2v) is 3.58. The maximum absolute atomic E-state index is 4.24. The molecule has 0 amide bonds. The van der Waals surface area contributed by atoms with Gasteiger partial charge in [0.25, 0.3) is 0 Å². The molecule has 0 saturated heterocycles. The van der Waals surface area contributed by atoms with Crippen molar-refractivity contribution in [3.63, 3.8) is 0 Å². The van der Waals surface area contributed by atoms with E-state index in [1.165, 1.54) is 0 Å². The summed E-state index contributed by atoms with van der Waals surface area (Å²) in [4.78, 5) is 12.4. The first-order valence-electron chi connectivity index (χ1n) is 3.87. The van der Waals surface area contributed by atoms with Gasteiger partial charge >= 0.3 is 0 Å². The number of nitrogens with zero attached hydrogens (tertiary/aromatic N) is 3. The topological polar surface area (TPSA) is 70.2 Å². The normalized spacial score (nSPS) is 9.60. The summed E-state index contributed by atoms with van der Waals surface area (Å²) in [6.07, 6.45) is 3.39. The Labute approximate surface area is 95.7 Å². The van der Waals surface area contributed by atoms with Gasteiger partial charge < -0.3 is 5.48 Å². The van der Waals surface area contributed by atoms with Crippen LogP contribution >= 0.6 is 23.7 Å². The number of rotatable bonds is 0. The Morgan fingerprint density at radius 3 is 2.87 bits per heavy atom. The van der Waals surface area contributed by atoms with E-state index in [2.05, 4.69) is 15.0 Å². The van der Waals surface area contributed by atoms with Crippen LogP contribution in [0.3, 0.4) is 0 Å². The van der Waals surface area contributed by atoms with Crippen molar-refractivity contribution < 1.29 is 5.48 Å². The molecule has 2 heterocycles. The summed E-state index contributed by atoms with van der Waals surface area (Å²) in [5, 5.41) is 1.07. The Kier molecular flexibility index (Phi) is 3.52. The third-order valence-corrected chi connectivity index (χ3v) is 2.82. The molecule has 0 radical (unpaired) electrons. The average molecular weight is 242 g/mol. The van der Waals surface area contributed by atoms with Crippen LogP contribution in [0.4, 0.5) is 0 Å². The number of fused-ring (bicyclic) bond motifs is 3. The molecule has 0 aliphatic heterocycles. The molecule has 0 bridgehead atoms. The highest BCUT2D eigenvalue weighted by molar-refractivity contribution is 7.17. The van der Waals surface area contributed by atoms with Crippen LogP contribution in [-0.4, -0.2) is 20.4 Å².